The van der Waals surface area contributed by atoms with Crippen molar-refractivity contribution in [2.45, 2.75) is 31.0 Å². The Bertz CT molecular complexity index is 772. The highest BCUT2D eigenvalue weighted by molar-refractivity contribution is 5.86. The molecule has 0 spiro atoms. The van der Waals surface area contributed by atoms with Crippen molar-refractivity contribution >= 4 is 18.3 Å². The van der Waals surface area contributed by atoms with Crippen molar-refractivity contribution in [3.63, 3.8) is 0 Å². The van der Waals surface area contributed by atoms with E-state index < -0.39 is 5.54 Å². The van der Waals surface area contributed by atoms with E-state index in [2.05, 4.69) is 10.6 Å². The second-order valence-corrected chi connectivity index (χ2v) is 6.50. The lowest BCUT2D eigenvalue weighted by atomic mass is 9.97. The minimum Gasteiger partial charge on any atom is -0.489 e. The molecular formula is C20H24ClFN2O3. The van der Waals surface area contributed by atoms with Crippen molar-refractivity contribution in [1.82, 2.24) is 10.6 Å². The summed E-state index contributed by atoms with van der Waals surface area (Å²) in [6.45, 7) is -0.0784. The van der Waals surface area contributed by atoms with Gasteiger partial charge in [0.25, 0.3) is 0 Å². The van der Waals surface area contributed by atoms with Crippen molar-refractivity contribution in [3.8, 4) is 5.75 Å². The maximum Gasteiger partial charge on any atom is 0.242 e. The minimum absolute atomic E-state index is 0. The predicted octanol–water partition coefficient (Wildman–Crippen LogP) is 2.73. The number of aliphatic hydroxyl groups excluding tert-OH is 1. The monoisotopic (exact) mass is 394 g/mol. The van der Waals surface area contributed by atoms with E-state index in [0.29, 0.717) is 17.7 Å². The highest BCUT2D eigenvalue weighted by Crippen LogP contribution is 2.33. The Morgan fingerprint density at radius 3 is 2.63 bits per heavy atom. The summed E-state index contributed by atoms with van der Waals surface area (Å²) >= 11 is 0. The Morgan fingerprint density at radius 1 is 1.30 bits per heavy atom. The van der Waals surface area contributed by atoms with Gasteiger partial charge in [-0.15, -0.1) is 12.4 Å². The number of nitrogens with one attached hydrogen (secondary N) is 2. The molecule has 1 amide bonds. The number of aliphatic hydroxyl groups is 1. The van der Waals surface area contributed by atoms with Gasteiger partial charge in [-0.05, 0) is 36.6 Å². The first-order valence-corrected chi connectivity index (χ1v) is 8.65. The molecule has 0 aliphatic carbocycles. The molecule has 146 valence electrons. The Balaban J connectivity index is 0.00000261. The molecule has 0 saturated carbocycles. The first kappa shape index (κ1) is 21.2. The molecular weight excluding hydrogens is 371 g/mol. The Morgan fingerprint density at radius 2 is 2.00 bits per heavy atom. The molecule has 27 heavy (non-hydrogen) atoms. The van der Waals surface area contributed by atoms with Crippen LogP contribution >= 0.6 is 12.4 Å². The summed E-state index contributed by atoms with van der Waals surface area (Å²) in [5, 5.41) is 15.5. The van der Waals surface area contributed by atoms with Gasteiger partial charge in [0.1, 0.15) is 23.7 Å². The molecule has 1 saturated heterocycles. The number of carbonyl (C=O) groups is 1. The summed E-state index contributed by atoms with van der Waals surface area (Å²) in [7, 11) is 1.57. The van der Waals surface area contributed by atoms with Crippen LogP contribution in [0.3, 0.4) is 0 Å². The highest BCUT2D eigenvalue weighted by Gasteiger charge is 2.44. The van der Waals surface area contributed by atoms with Gasteiger partial charge in [0, 0.05) is 18.7 Å². The molecule has 3 N–H and O–H groups in total. The second-order valence-electron chi connectivity index (χ2n) is 6.50. The van der Waals surface area contributed by atoms with Crippen LogP contribution in [0.4, 0.5) is 4.39 Å². The van der Waals surface area contributed by atoms with E-state index in [9.17, 15) is 14.3 Å². The zero-order valence-corrected chi connectivity index (χ0v) is 15.9. The van der Waals surface area contributed by atoms with Gasteiger partial charge >= 0.3 is 0 Å². The fraction of sp³-hybridized carbons (Fsp3) is 0.350. The summed E-state index contributed by atoms with van der Waals surface area (Å²) in [4.78, 5) is 12.1. The van der Waals surface area contributed by atoms with Crippen molar-refractivity contribution in [1.29, 1.82) is 0 Å². The fourth-order valence-electron chi connectivity index (χ4n) is 3.31. The number of hydrogen-bond acceptors (Lipinski definition) is 4. The number of ether oxygens (including phenoxy) is 1. The van der Waals surface area contributed by atoms with E-state index in [-0.39, 0.29) is 43.4 Å². The van der Waals surface area contributed by atoms with E-state index in [0.717, 1.165) is 12.0 Å². The van der Waals surface area contributed by atoms with E-state index in [1.54, 1.807) is 25.2 Å². The van der Waals surface area contributed by atoms with Gasteiger partial charge in [-0.2, -0.15) is 0 Å². The van der Waals surface area contributed by atoms with Crippen molar-refractivity contribution in [2.24, 2.45) is 0 Å². The third-order valence-corrected chi connectivity index (χ3v) is 4.88. The zero-order chi connectivity index (χ0) is 18.6. The molecule has 1 fully saturated rings. The molecule has 2 atom stereocenters. The number of benzene rings is 2. The number of likely N-dealkylation sites (N-methyl/N-ethyl adjacent to an activating group) is 1. The first-order valence-electron chi connectivity index (χ1n) is 8.65. The zero-order valence-electron chi connectivity index (χ0n) is 15.1. The molecule has 1 heterocycles. The molecule has 3 rings (SSSR count). The van der Waals surface area contributed by atoms with E-state index in [4.69, 9.17) is 4.74 Å². The second kappa shape index (κ2) is 9.17. The van der Waals surface area contributed by atoms with Crippen LogP contribution in [0.15, 0.2) is 48.5 Å². The predicted molar refractivity (Wildman–Crippen MR) is 103 cm³/mol. The van der Waals surface area contributed by atoms with Crippen LogP contribution in [0, 0.1) is 5.82 Å². The quantitative estimate of drug-likeness (QED) is 0.704. The third kappa shape index (κ3) is 4.58. The van der Waals surface area contributed by atoms with Gasteiger partial charge in [-0.25, -0.2) is 4.39 Å². The van der Waals surface area contributed by atoms with Crippen molar-refractivity contribution in [3.05, 3.63) is 65.5 Å². The summed E-state index contributed by atoms with van der Waals surface area (Å²) < 4.78 is 19.3. The van der Waals surface area contributed by atoms with Crippen LogP contribution in [0.5, 0.6) is 5.75 Å². The maximum absolute atomic E-state index is 13.6. The molecule has 2 aromatic carbocycles. The molecule has 0 aromatic heterocycles. The SMILES string of the molecule is CNC(=O)[C@]1(CO)CC[C@H](c2ccc(OCc3ccccc3F)cc2)N1.Cl. The molecule has 0 unspecified atom stereocenters. The fourth-order valence-corrected chi connectivity index (χ4v) is 3.31. The topological polar surface area (TPSA) is 70.6 Å². The van der Waals surface area contributed by atoms with Crippen LogP contribution in [0.2, 0.25) is 0 Å². The summed E-state index contributed by atoms with van der Waals surface area (Å²) in [5.74, 6) is 0.163. The molecule has 2 aromatic rings. The Kier molecular flexibility index (Phi) is 7.18. The van der Waals surface area contributed by atoms with Crippen LogP contribution in [-0.2, 0) is 11.4 Å². The van der Waals surface area contributed by atoms with Crippen LogP contribution < -0.4 is 15.4 Å². The van der Waals surface area contributed by atoms with E-state index in [1.807, 2.05) is 24.3 Å². The average Bonchev–Trinajstić information content (AvgIpc) is 3.13. The summed E-state index contributed by atoms with van der Waals surface area (Å²) in [5.41, 5.74) is 0.592. The molecule has 1 aliphatic rings. The van der Waals surface area contributed by atoms with Crippen LogP contribution in [0.25, 0.3) is 0 Å². The summed E-state index contributed by atoms with van der Waals surface area (Å²) in [6, 6.07) is 14.0. The lowest BCUT2D eigenvalue weighted by molar-refractivity contribution is -0.128. The van der Waals surface area contributed by atoms with Crippen molar-refractivity contribution < 1.29 is 19.0 Å². The Labute approximate surface area is 164 Å². The van der Waals surface area contributed by atoms with Gasteiger partial charge in [0.2, 0.25) is 5.91 Å². The van der Waals surface area contributed by atoms with Crippen molar-refractivity contribution in [2.75, 3.05) is 13.7 Å². The smallest absolute Gasteiger partial charge is 0.242 e. The number of halogens is 2. The standard InChI is InChI=1S/C20H23FN2O3.ClH/c1-22-19(25)20(13-24)11-10-18(23-20)14-6-8-16(9-7-14)26-12-15-4-2-3-5-17(15)21;/h2-9,18,23-24H,10-13H2,1H3,(H,22,25);1H/t18-,20-;/m1./s1. The molecule has 0 bridgehead atoms. The van der Waals surface area contributed by atoms with E-state index in [1.165, 1.54) is 6.07 Å². The molecule has 0 radical (unpaired) electrons. The third-order valence-electron chi connectivity index (χ3n) is 4.88. The normalized spacial score (nSPS) is 21.4. The number of carbonyl (C=O) groups excluding carboxylic acids is 1. The lowest BCUT2D eigenvalue weighted by Gasteiger charge is -2.26. The number of rotatable bonds is 6. The van der Waals surface area contributed by atoms with Crippen LogP contribution in [0.1, 0.15) is 30.0 Å². The molecule has 7 heteroatoms. The first-order chi connectivity index (χ1) is 12.6. The maximum atomic E-state index is 13.6. The number of hydrogen-bond donors (Lipinski definition) is 3. The van der Waals surface area contributed by atoms with Gasteiger partial charge in [-0.1, -0.05) is 30.3 Å². The van der Waals surface area contributed by atoms with Gasteiger partial charge in [0.05, 0.1) is 6.61 Å². The minimum atomic E-state index is -0.931. The lowest BCUT2D eigenvalue weighted by Crippen LogP contribution is -2.55. The Hall–Kier alpha value is -2.15. The summed E-state index contributed by atoms with van der Waals surface area (Å²) in [6.07, 6.45) is 1.32. The van der Waals surface area contributed by atoms with E-state index >= 15 is 0 Å². The highest BCUT2D eigenvalue weighted by atomic mass is 35.5. The van der Waals surface area contributed by atoms with Crippen LogP contribution in [-0.4, -0.2) is 30.2 Å². The largest absolute Gasteiger partial charge is 0.489 e. The van der Waals surface area contributed by atoms with Gasteiger partial charge < -0.3 is 15.2 Å². The van der Waals surface area contributed by atoms with Gasteiger partial charge in [0.15, 0.2) is 0 Å². The van der Waals surface area contributed by atoms with Gasteiger partial charge in [-0.3, -0.25) is 10.1 Å². The molecule has 1 aliphatic heterocycles. The molecule has 5 nitrogen and oxygen atoms in total. The average molecular weight is 395 g/mol. The number of amides is 1.